The predicted molar refractivity (Wildman–Crippen MR) is 84.3 cm³/mol. The van der Waals surface area contributed by atoms with E-state index in [9.17, 15) is 9.90 Å². The number of phenols is 1. The van der Waals surface area contributed by atoms with Gasteiger partial charge in [0.05, 0.1) is 16.0 Å². The van der Waals surface area contributed by atoms with E-state index in [1.165, 1.54) is 18.2 Å². The Labute approximate surface area is 130 Å². The molecule has 3 nitrogen and oxygen atoms in total. The minimum atomic E-state index is -0.223. The van der Waals surface area contributed by atoms with Crippen molar-refractivity contribution >= 4 is 34.2 Å². The third-order valence-electron chi connectivity index (χ3n) is 3.29. The van der Waals surface area contributed by atoms with Crippen LogP contribution < -0.4 is 5.43 Å². The van der Waals surface area contributed by atoms with Gasteiger partial charge in [-0.05, 0) is 31.2 Å². The molecule has 21 heavy (non-hydrogen) atoms. The van der Waals surface area contributed by atoms with Gasteiger partial charge in [0.2, 0.25) is 0 Å². The van der Waals surface area contributed by atoms with Crippen LogP contribution in [-0.2, 0) is 0 Å². The van der Waals surface area contributed by atoms with E-state index in [0.717, 1.165) is 0 Å². The van der Waals surface area contributed by atoms with Crippen LogP contribution in [0.1, 0.15) is 5.56 Å². The van der Waals surface area contributed by atoms with Gasteiger partial charge in [0.1, 0.15) is 11.5 Å². The van der Waals surface area contributed by atoms with Crippen LogP contribution in [0.4, 0.5) is 0 Å². The Balaban J connectivity index is 2.44. The molecule has 0 saturated heterocycles. The number of hydrogen-bond donors (Lipinski definition) is 1. The molecule has 0 radical (unpaired) electrons. The van der Waals surface area contributed by atoms with Gasteiger partial charge in [0.15, 0.2) is 11.0 Å². The van der Waals surface area contributed by atoms with E-state index in [1.54, 1.807) is 25.1 Å². The summed E-state index contributed by atoms with van der Waals surface area (Å²) in [6, 6.07) is 9.69. The van der Waals surface area contributed by atoms with E-state index in [0.29, 0.717) is 27.3 Å². The van der Waals surface area contributed by atoms with Gasteiger partial charge in [0, 0.05) is 10.6 Å². The van der Waals surface area contributed by atoms with Gasteiger partial charge in [0.25, 0.3) is 0 Å². The maximum Gasteiger partial charge on any atom is 0.196 e. The van der Waals surface area contributed by atoms with Crippen LogP contribution in [0.3, 0.4) is 0 Å². The monoisotopic (exact) mass is 320 g/mol. The van der Waals surface area contributed by atoms with Crippen molar-refractivity contribution in [3.05, 3.63) is 62.2 Å². The number of para-hydroxylation sites is 1. The third kappa shape index (κ3) is 2.28. The third-order valence-corrected chi connectivity index (χ3v) is 3.79. The Morgan fingerprint density at radius 3 is 2.57 bits per heavy atom. The zero-order valence-electron chi connectivity index (χ0n) is 11.0. The molecule has 0 fully saturated rings. The van der Waals surface area contributed by atoms with Crippen molar-refractivity contribution in [3.63, 3.8) is 0 Å². The number of hydrogen-bond acceptors (Lipinski definition) is 3. The first-order valence-electron chi connectivity index (χ1n) is 6.20. The highest BCUT2D eigenvalue weighted by Crippen LogP contribution is 2.34. The van der Waals surface area contributed by atoms with Gasteiger partial charge in [-0.15, -0.1) is 0 Å². The summed E-state index contributed by atoms with van der Waals surface area (Å²) in [6.45, 7) is 1.64. The SMILES string of the molecule is Cc1c(-c2ccccc2O)oc2c(Cl)cc(Cl)cc2c1=O. The van der Waals surface area contributed by atoms with E-state index in [-0.39, 0.29) is 21.8 Å². The Kier molecular flexibility index (Phi) is 3.40. The van der Waals surface area contributed by atoms with Crippen LogP contribution in [0.25, 0.3) is 22.3 Å². The molecule has 1 heterocycles. The molecule has 3 aromatic rings. The number of halogens is 2. The molecule has 1 aromatic heterocycles. The molecule has 0 bridgehead atoms. The average Bonchev–Trinajstić information content (AvgIpc) is 2.44. The standard InChI is InChI=1S/C16H10Cl2O3/c1-8-14(20)11-6-9(17)7-12(18)16(11)21-15(8)10-4-2-3-5-13(10)19/h2-7,19H,1H3. The first-order valence-corrected chi connectivity index (χ1v) is 6.95. The lowest BCUT2D eigenvalue weighted by molar-refractivity contribution is 0.474. The molecule has 0 spiro atoms. The second-order valence-electron chi connectivity index (χ2n) is 4.67. The molecule has 1 N–H and O–H groups in total. The highest BCUT2D eigenvalue weighted by Gasteiger charge is 2.17. The Hall–Kier alpha value is -1.97. The summed E-state index contributed by atoms with van der Waals surface area (Å²) in [5.41, 5.74) is 0.871. The Bertz CT molecular complexity index is 913. The molecule has 3 rings (SSSR count). The van der Waals surface area contributed by atoms with Crippen LogP contribution in [0.2, 0.25) is 10.0 Å². The van der Waals surface area contributed by atoms with E-state index < -0.39 is 0 Å². The molecule has 106 valence electrons. The number of aromatic hydroxyl groups is 1. The summed E-state index contributed by atoms with van der Waals surface area (Å²) >= 11 is 12.0. The maximum absolute atomic E-state index is 12.5. The van der Waals surface area contributed by atoms with E-state index >= 15 is 0 Å². The molecule has 0 aliphatic rings. The summed E-state index contributed by atoms with van der Waals surface area (Å²) < 4.78 is 5.78. The fourth-order valence-corrected chi connectivity index (χ4v) is 2.77. The Morgan fingerprint density at radius 2 is 1.86 bits per heavy atom. The topological polar surface area (TPSA) is 50.4 Å². The molecule has 0 aliphatic carbocycles. The number of fused-ring (bicyclic) bond motifs is 1. The molecule has 2 aromatic carbocycles. The van der Waals surface area contributed by atoms with Crippen molar-refractivity contribution in [1.29, 1.82) is 0 Å². The maximum atomic E-state index is 12.5. The number of phenolic OH excluding ortho intramolecular Hbond substituents is 1. The molecule has 0 saturated carbocycles. The summed E-state index contributed by atoms with van der Waals surface area (Å²) in [5, 5.41) is 10.9. The van der Waals surface area contributed by atoms with E-state index in [4.69, 9.17) is 27.6 Å². The van der Waals surface area contributed by atoms with Crippen LogP contribution in [0.5, 0.6) is 5.75 Å². The predicted octanol–water partition coefficient (Wildman–Crippen LogP) is 4.78. The van der Waals surface area contributed by atoms with E-state index in [2.05, 4.69) is 0 Å². The molecule has 0 aliphatic heterocycles. The Morgan fingerprint density at radius 1 is 1.14 bits per heavy atom. The van der Waals surface area contributed by atoms with Gasteiger partial charge in [-0.1, -0.05) is 35.3 Å². The van der Waals surface area contributed by atoms with E-state index in [1.807, 2.05) is 0 Å². The highest BCUT2D eigenvalue weighted by molar-refractivity contribution is 6.38. The van der Waals surface area contributed by atoms with Crippen LogP contribution in [0.15, 0.2) is 45.6 Å². The lowest BCUT2D eigenvalue weighted by Crippen LogP contribution is -2.07. The summed E-state index contributed by atoms with van der Waals surface area (Å²) in [7, 11) is 0. The van der Waals surface area contributed by atoms with Gasteiger partial charge >= 0.3 is 0 Å². The van der Waals surface area contributed by atoms with Gasteiger partial charge in [-0.3, -0.25) is 4.79 Å². The van der Waals surface area contributed by atoms with Crippen molar-refractivity contribution in [2.45, 2.75) is 6.92 Å². The first-order chi connectivity index (χ1) is 9.99. The minimum absolute atomic E-state index is 0.0354. The van der Waals surface area contributed by atoms with Crippen molar-refractivity contribution in [1.82, 2.24) is 0 Å². The van der Waals surface area contributed by atoms with Crippen molar-refractivity contribution < 1.29 is 9.52 Å². The second-order valence-corrected chi connectivity index (χ2v) is 5.51. The molecule has 5 heteroatoms. The number of rotatable bonds is 1. The molecular formula is C16H10Cl2O3. The van der Waals surface area contributed by atoms with Gasteiger partial charge in [-0.25, -0.2) is 0 Å². The number of benzene rings is 2. The summed E-state index contributed by atoms with van der Waals surface area (Å²) in [4.78, 5) is 12.5. The molecule has 0 unspecified atom stereocenters. The van der Waals surface area contributed by atoms with Crippen molar-refractivity contribution in [2.75, 3.05) is 0 Å². The smallest absolute Gasteiger partial charge is 0.196 e. The molecule has 0 atom stereocenters. The van der Waals surface area contributed by atoms with Gasteiger partial charge < -0.3 is 9.52 Å². The summed E-state index contributed by atoms with van der Waals surface area (Å²) in [6.07, 6.45) is 0. The second kappa shape index (κ2) is 5.10. The zero-order valence-corrected chi connectivity index (χ0v) is 12.5. The largest absolute Gasteiger partial charge is 0.507 e. The van der Waals surface area contributed by atoms with Crippen molar-refractivity contribution in [2.24, 2.45) is 0 Å². The lowest BCUT2D eigenvalue weighted by Gasteiger charge is -2.09. The minimum Gasteiger partial charge on any atom is -0.507 e. The van der Waals surface area contributed by atoms with Crippen molar-refractivity contribution in [3.8, 4) is 17.1 Å². The average molecular weight is 321 g/mol. The highest BCUT2D eigenvalue weighted by atomic mass is 35.5. The summed E-state index contributed by atoms with van der Waals surface area (Å²) in [5.74, 6) is 0.336. The quantitative estimate of drug-likeness (QED) is 0.701. The fourth-order valence-electron chi connectivity index (χ4n) is 2.24. The molecule has 0 amide bonds. The normalized spacial score (nSPS) is 11.0. The van der Waals surface area contributed by atoms with Crippen LogP contribution in [-0.4, -0.2) is 5.11 Å². The fraction of sp³-hybridized carbons (Fsp3) is 0.0625. The lowest BCUT2D eigenvalue weighted by atomic mass is 10.0. The van der Waals surface area contributed by atoms with Crippen LogP contribution in [0, 0.1) is 6.92 Å². The zero-order chi connectivity index (χ0) is 15.1. The molecular weight excluding hydrogens is 311 g/mol. The van der Waals surface area contributed by atoms with Gasteiger partial charge in [-0.2, -0.15) is 0 Å². The van der Waals surface area contributed by atoms with Crippen LogP contribution >= 0.6 is 23.2 Å². The first kappa shape index (κ1) is 14.0.